The van der Waals surface area contributed by atoms with Crippen molar-refractivity contribution >= 4 is 12.0 Å². The van der Waals surface area contributed by atoms with E-state index in [-0.39, 0.29) is 12.1 Å². The summed E-state index contributed by atoms with van der Waals surface area (Å²) in [4.78, 5) is 26.8. The second-order valence-corrected chi connectivity index (χ2v) is 4.90. The molecule has 0 aromatic carbocycles. The Morgan fingerprint density at radius 2 is 2.00 bits per heavy atom. The Morgan fingerprint density at radius 3 is 2.67 bits per heavy atom. The number of carbonyl (C=O) groups excluding carboxylic acids is 1. The summed E-state index contributed by atoms with van der Waals surface area (Å²) in [6.45, 7) is 4.90. The Bertz CT molecular complexity index is 326. The van der Waals surface area contributed by atoms with Gasteiger partial charge in [0, 0.05) is 32.3 Å². The molecule has 2 heterocycles. The van der Waals surface area contributed by atoms with Crippen molar-refractivity contribution < 1.29 is 19.4 Å². The molecule has 1 N–H and O–H groups in total. The van der Waals surface area contributed by atoms with Crippen LogP contribution >= 0.6 is 0 Å². The van der Waals surface area contributed by atoms with Gasteiger partial charge in [-0.05, 0) is 19.8 Å². The van der Waals surface area contributed by atoms with E-state index in [1.807, 2.05) is 6.92 Å². The van der Waals surface area contributed by atoms with Gasteiger partial charge in [-0.2, -0.15) is 0 Å². The van der Waals surface area contributed by atoms with Crippen molar-refractivity contribution in [2.45, 2.75) is 25.8 Å². The van der Waals surface area contributed by atoms with Gasteiger partial charge in [0.05, 0.1) is 12.5 Å². The third-order valence-electron chi connectivity index (χ3n) is 3.81. The van der Waals surface area contributed by atoms with Crippen LogP contribution in [0.3, 0.4) is 0 Å². The van der Waals surface area contributed by atoms with E-state index in [4.69, 9.17) is 9.84 Å². The van der Waals surface area contributed by atoms with Crippen molar-refractivity contribution in [1.82, 2.24) is 9.80 Å². The lowest BCUT2D eigenvalue weighted by atomic mass is 10.0. The molecule has 0 spiro atoms. The second kappa shape index (κ2) is 5.56. The van der Waals surface area contributed by atoms with Gasteiger partial charge in [-0.3, -0.25) is 4.79 Å². The van der Waals surface area contributed by atoms with Crippen LogP contribution in [0, 0.1) is 5.92 Å². The van der Waals surface area contributed by atoms with Crippen LogP contribution in [0.25, 0.3) is 0 Å². The Labute approximate surface area is 106 Å². The molecule has 2 rings (SSSR count). The normalized spacial score (nSPS) is 29.2. The first kappa shape index (κ1) is 13.1. The van der Waals surface area contributed by atoms with Gasteiger partial charge in [0.25, 0.3) is 0 Å². The van der Waals surface area contributed by atoms with E-state index in [9.17, 15) is 9.59 Å². The maximum Gasteiger partial charge on any atom is 0.320 e. The lowest BCUT2D eigenvalue weighted by molar-refractivity contribution is -0.142. The van der Waals surface area contributed by atoms with Crippen LogP contribution in [0.5, 0.6) is 0 Å². The van der Waals surface area contributed by atoms with E-state index in [1.54, 1.807) is 9.80 Å². The Morgan fingerprint density at radius 1 is 1.22 bits per heavy atom. The van der Waals surface area contributed by atoms with Gasteiger partial charge < -0.3 is 19.6 Å². The molecule has 2 unspecified atom stereocenters. The van der Waals surface area contributed by atoms with Gasteiger partial charge in [0.2, 0.25) is 0 Å². The van der Waals surface area contributed by atoms with Crippen LogP contribution in [-0.4, -0.2) is 65.8 Å². The molecule has 2 amide bonds. The van der Waals surface area contributed by atoms with E-state index >= 15 is 0 Å². The number of rotatable bonds is 1. The zero-order chi connectivity index (χ0) is 13.1. The minimum Gasteiger partial charge on any atom is -0.481 e. The average Bonchev–Trinajstić information content (AvgIpc) is 2.56. The number of urea groups is 1. The van der Waals surface area contributed by atoms with Gasteiger partial charge in [0.15, 0.2) is 0 Å². The summed E-state index contributed by atoms with van der Waals surface area (Å²) in [7, 11) is 0. The molecule has 18 heavy (non-hydrogen) atoms. The molecule has 0 radical (unpaired) electrons. The molecule has 102 valence electrons. The number of hydrogen-bond donors (Lipinski definition) is 1. The third kappa shape index (κ3) is 2.58. The van der Waals surface area contributed by atoms with Gasteiger partial charge in [-0.1, -0.05) is 0 Å². The van der Waals surface area contributed by atoms with Crippen LogP contribution in [0.15, 0.2) is 0 Å². The monoisotopic (exact) mass is 256 g/mol. The number of likely N-dealkylation sites (tertiary alicyclic amines) is 1. The fourth-order valence-electron chi connectivity index (χ4n) is 2.66. The van der Waals surface area contributed by atoms with E-state index in [2.05, 4.69) is 0 Å². The molecule has 0 aliphatic carbocycles. The van der Waals surface area contributed by atoms with E-state index in [1.165, 1.54) is 0 Å². The topological polar surface area (TPSA) is 70.1 Å². The number of ether oxygens (including phenoxy) is 1. The molecule has 0 saturated carbocycles. The van der Waals surface area contributed by atoms with Crippen LogP contribution < -0.4 is 0 Å². The van der Waals surface area contributed by atoms with E-state index in [0.717, 1.165) is 6.42 Å². The second-order valence-electron chi connectivity index (χ2n) is 4.90. The minimum atomic E-state index is -0.808. The van der Waals surface area contributed by atoms with Gasteiger partial charge in [-0.15, -0.1) is 0 Å². The fraction of sp³-hybridized carbons (Fsp3) is 0.833. The van der Waals surface area contributed by atoms with Gasteiger partial charge in [-0.25, -0.2) is 4.79 Å². The number of nitrogens with zero attached hydrogens (tertiary/aromatic N) is 2. The Kier molecular flexibility index (Phi) is 4.06. The molecule has 2 aliphatic heterocycles. The number of carbonyl (C=O) groups is 2. The van der Waals surface area contributed by atoms with Crippen LogP contribution in [0.4, 0.5) is 4.79 Å². The maximum atomic E-state index is 12.3. The van der Waals surface area contributed by atoms with Crippen molar-refractivity contribution in [3.63, 3.8) is 0 Å². The van der Waals surface area contributed by atoms with Crippen molar-refractivity contribution in [3.05, 3.63) is 0 Å². The first-order valence-electron chi connectivity index (χ1n) is 6.47. The van der Waals surface area contributed by atoms with Crippen molar-refractivity contribution in [3.8, 4) is 0 Å². The number of aliphatic carboxylic acids is 1. The molecule has 2 atom stereocenters. The zero-order valence-electron chi connectivity index (χ0n) is 10.7. The number of hydrogen-bond acceptors (Lipinski definition) is 3. The minimum absolute atomic E-state index is 0.0447. The number of carboxylic acid groups (broad SMARTS) is 1. The summed E-state index contributed by atoms with van der Waals surface area (Å²) in [5, 5.41) is 9.07. The highest BCUT2D eigenvalue weighted by molar-refractivity contribution is 5.78. The molecule has 2 fully saturated rings. The molecular formula is C12H20N2O4. The molecular weight excluding hydrogens is 236 g/mol. The van der Waals surface area contributed by atoms with E-state index < -0.39 is 11.9 Å². The molecule has 0 aromatic rings. The highest BCUT2D eigenvalue weighted by Crippen LogP contribution is 2.25. The first-order valence-corrected chi connectivity index (χ1v) is 6.47. The van der Waals surface area contributed by atoms with Gasteiger partial charge in [0.1, 0.15) is 0 Å². The molecule has 6 heteroatoms. The average molecular weight is 256 g/mol. The Balaban J connectivity index is 1.98. The summed E-state index contributed by atoms with van der Waals surface area (Å²) in [5.74, 6) is -1.24. The lowest BCUT2D eigenvalue weighted by Gasteiger charge is -2.30. The summed E-state index contributed by atoms with van der Waals surface area (Å²) in [6.07, 6.45) is 1.39. The fourth-order valence-corrected chi connectivity index (χ4v) is 2.66. The Hall–Kier alpha value is -1.30. The van der Waals surface area contributed by atoms with Crippen LogP contribution in [0.2, 0.25) is 0 Å². The highest BCUT2D eigenvalue weighted by atomic mass is 16.5. The predicted molar refractivity (Wildman–Crippen MR) is 64.3 cm³/mol. The summed E-state index contributed by atoms with van der Waals surface area (Å²) in [5.41, 5.74) is 0. The SMILES string of the molecule is CC1C(C(=O)O)CCN1C(=O)N1CCCOCC1. The summed E-state index contributed by atoms with van der Waals surface area (Å²) < 4.78 is 5.32. The third-order valence-corrected chi connectivity index (χ3v) is 3.81. The molecule has 2 aliphatic rings. The summed E-state index contributed by atoms with van der Waals surface area (Å²) >= 11 is 0. The first-order chi connectivity index (χ1) is 8.61. The van der Waals surface area contributed by atoms with Crippen LogP contribution in [-0.2, 0) is 9.53 Å². The van der Waals surface area contributed by atoms with Crippen molar-refractivity contribution in [2.75, 3.05) is 32.8 Å². The highest BCUT2D eigenvalue weighted by Gasteiger charge is 2.39. The number of carboxylic acids is 1. The lowest BCUT2D eigenvalue weighted by Crippen LogP contribution is -2.47. The molecule has 2 saturated heterocycles. The standard InChI is InChI=1S/C12H20N2O4/c1-9-10(11(15)16)3-5-14(9)12(17)13-4-2-7-18-8-6-13/h9-10H,2-8H2,1H3,(H,15,16). The zero-order valence-corrected chi connectivity index (χ0v) is 10.7. The quantitative estimate of drug-likeness (QED) is 0.747. The number of amides is 2. The maximum absolute atomic E-state index is 12.3. The predicted octanol–water partition coefficient (Wildman–Crippen LogP) is 0.624. The van der Waals surface area contributed by atoms with E-state index in [0.29, 0.717) is 39.3 Å². The molecule has 0 aromatic heterocycles. The summed E-state index contributed by atoms with van der Waals surface area (Å²) in [6, 6.07) is -0.268. The molecule has 6 nitrogen and oxygen atoms in total. The van der Waals surface area contributed by atoms with Gasteiger partial charge >= 0.3 is 12.0 Å². The smallest absolute Gasteiger partial charge is 0.320 e. The largest absolute Gasteiger partial charge is 0.481 e. The molecule has 0 bridgehead atoms. The van der Waals surface area contributed by atoms with Crippen molar-refractivity contribution in [2.24, 2.45) is 5.92 Å². The van der Waals surface area contributed by atoms with Crippen molar-refractivity contribution in [1.29, 1.82) is 0 Å². The van der Waals surface area contributed by atoms with Crippen LogP contribution in [0.1, 0.15) is 19.8 Å².